The molecule has 0 amide bonds. The van der Waals surface area contributed by atoms with Gasteiger partial charge >= 0.3 is 0 Å². The van der Waals surface area contributed by atoms with E-state index in [1.807, 2.05) is 0 Å². The molecule has 4 heteroatoms. The summed E-state index contributed by atoms with van der Waals surface area (Å²) in [5, 5.41) is 14.6. The zero-order valence-electron chi connectivity index (χ0n) is 10.2. The van der Waals surface area contributed by atoms with Crippen molar-refractivity contribution in [2.24, 2.45) is 16.8 Å². The van der Waals surface area contributed by atoms with Crippen LogP contribution in [0.15, 0.2) is 5.16 Å². The van der Waals surface area contributed by atoms with Gasteiger partial charge in [-0.3, -0.25) is 0 Å². The van der Waals surface area contributed by atoms with Crippen LogP contribution < -0.4 is 11.1 Å². The van der Waals surface area contributed by atoms with Crippen LogP contribution in [0.25, 0.3) is 0 Å². The predicted molar refractivity (Wildman–Crippen MR) is 64.2 cm³/mol. The summed E-state index contributed by atoms with van der Waals surface area (Å²) in [4.78, 5) is 0. The topological polar surface area (TPSA) is 70.6 Å². The highest BCUT2D eigenvalue weighted by atomic mass is 16.4. The van der Waals surface area contributed by atoms with Gasteiger partial charge in [-0.15, -0.1) is 0 Å². The molecule has 0 aliphatic rings. The minimum absolute atomic E-state index is 0.289. The molecule has 4 nitrogen and oxygen atoms in total. The molecule has 0 aliphatic carbocycles. The summed E-state index contributed by atoms with van der Waals surface area (Å²) in [5.41, 5.74) is 5.36. The van der Waals surface area contributed by atoms with Gasteiger partial charge in [-0.2, -0.15) is 0 Å². The van der Waals surface area contributed by atoms with E-state index in [2.05, 4.69) is 31.2 Å². The highest BCUT2D eigenvalue weighted by molar-refractivity contribution is 5.79. The van der Waals surface area contributed by atoms with E-state index >= 15 is 0 Å². The second kappa shape index (κ2) is 8.53. The maximum absolute atomic E-state index is 8.34. The number of oxime groups is 1. The van der Waals surface area contributed by atoms with E-state index in [9.17, 15) is 0 Å². The van der Waals surface area contributed by atoms with Gasteiger partial charge in [0.2, 0.25) is 0 Å². The Balaban J connectivity index is 3.37. The van der Waals surface area contributed by atoms with E-state index in [1.165, 1.54) is 19.3 Å². The first-order chi connectivity index (χ1) is 7.06. The molecule has 0 radical (unpaired) electrons. The van der Waals surface area contributed by atoms with Crippen molar-refractivity contribution < 1.29 is 5.21 Å². The van der Waals surface area contributed by atoms with Gasteiger partial charge in [-0.1, -0.05) is 31.8 Å². The number of rotatable bonds is 8. The molecule has 0 aromatic heterocycles. The van der Waals surface area contributed by atoms with Crippen molar-refractivity contribution in [3.63, 3.8) is 0 Å². The van der Waals surface area contributed by atoms with Crippen LogP contribution in [0.5, 0.6) is 0 Å². The third-order valence-corrected chi connectivity index (χ3v) is 2.42. The fourth-order valence-corrected chi connectivity index (χ4v) is 1.43. The van der Waals surface area contributed by atoms with Gasteiger partial charge in [-0.05, 0) is 19.3 Å². The van der Waals surface area contributed by atoms with Crippen molar-refractivity contribution in [2.45, 2.75) is 52.5 Å². The number of nitrogens with one attached hydrogen (secondary N) is 1. The van der Waals surface area contributed by atoms with Crippen LogP contribution in [0.1, 0.15) is 46.5 Å². The average Bonchev–Trinajstić information content (AvgIpc) is 2.17. The highest BCUT2D eigenvalue weighted by Crippen LogP contribution is 2.07. The van der Waals surface area contributed by atoms with E-state index in [0.717, 1.165) is 12.5 Å². The summed E-state index contributed by atoms with van der Waals surface area (Å²) in [7, 11) is 0. The number of amidine groups is 1. The van der Waals surface area contributed by atoms with Crippen molar-refractivity contribution in [3.05, 3.63) is 0 Å². The van der Waals surface area contributed by atoms with Crippen LogP contribution in [0.4, 0.5) is 0 Å². The Morgan fingerprint density at radius 3 is 2.53 bits per heavy atom. The fraction of sp³-hybridized carbons (Fsp3) is 0.909. The molecule has 0 aliphatic heterocycles. The predicted octanol–water partition coefficient (Wildman–Crippen LogP) is 1.93. The molecule has 0 fully saturated rings. The summed E-state index contributed by atoms with van der Waals surface area (Å²) in [6, 6.07) is 0.509. The maximum Gasteiger partial charge on any atom is 0.140 e. The lowest BCUT2D eigenvalue weighted by Gasteiger charge is -2.13. The smallest absolute Gasteiger partial charge is 0.140 e. The van der Waals surface area contributed by atoms with Crippen molar-refractivity contribution in [3.8, 4) is 0 Å². The zero-order chi connectivity index (χ0) is 11.7. The standard InChI is InChI=1S/C11H25N3O/c1-9(2)5-4-6-10(3)13-8-7-11(12)14-15/h9-10,13,15H,4-8H2,1-3H3,(H2,12,14). The molecule has 0 heterocycles. The lowest BCUT2D eigenvalue weighted by atomic mass is 10.0. The van der Waals surface area contributed by atoms with Gasteiger partial charge in [0.25, 0.3) is 0 Å². The minimum atomic E-state index is 0.289. The van der Waals surface area contributed by atoms with Crippen LogP contribution in [0.2, 0.25) is 0 Å². The van der Waals surface area contributed by atoms with Crippen molar-refractivity contribution >= 4 is 5.84 Å². The number of nitrogens with two attached hydrogens (primary N) is 1. The van der Waals surface area contributed by atoms with Gasteiger partial charge in [0.15, 0.2) is 0 Å². The molecule has 90 valence electrons. The Kier molecular flexibility index (Phi) is 8.09. The average molecular weight is 215 g/mol. The summed E-state index contributed by atoms with van der Waals surface area (Å²) < 4.78 is 0. The van der Waals surface area contributed by atoms with Crippen LogP contribution in [0.3, 0.4) is 0 Å². The molecule has 0 saturated heterocycles. The van der Waals surface area contributed by atoms with Crippen molar-refractivity contribution in [1.82, 2.24) is 5.32 Å². The number of nitrogens with zero attached hydrogens (tertiary/aromatic N) is 1. The SMILES string of the molecule is CC(C)CCCC(C)NCCC(N)=NO. The molecular formula is C11H25N3O. The largest absolute Gasteiger partial charge is 0.409 e. The molecular weight excluding hydrogens is 190 g/mol. The first-order valence-electron chi connectivity index (χ1n) is 5.76. The first kappa shape index (κ1) is 14.2. The van der Waals surface area contributed by atoms with Crippen LogP contribution >= 0.6 is 0 Å². The second-order valence-electron chi connectivity index (χ2n) is 4.52. The molecule has 1 unspecified atom stereocenters. The molecule has 0 spiro atoms. The third kappa shape index (κ3) is 9.53. The van der Waals surface area contributed by atoms with Gasteiger partial charge in [0.1, 0.15) is 5.84 Å². The Labute approximate surface area is 92.9 Å². The first-order valence-corrected chi connectivity index (χ1v) is 5.76. The molecule has 0 rings (SSSR count). The van der Waals surface area contributed by atoms with Crippen LogP contribution in [-0.4, -0.2) is 23.6 Å². The lowest BCUT2D eigenvalue weighted by Crippen LogP contribution is -2.29. The van der Waals surface area contributed by atoms with Crippen molar-refractivity contribution in [1.29, 1.82) is 0 Å². The Hall–Kier alpha value is -0.770. The van der Waals surface area contributed by atoms with E-state index in [1.54, 1.807) is 0 Å². The van der Waals surface area contributed by atoms with Gasteiger partial charge < -0.3 is 16.3 Å². The quantitative estimate of drug-likeness (QED) is 0.251. The molecule has 0 bridgehead atoms. The maximum atomic E-state index is 8.34. The summed E-state index contributed by atoms with van der Waals surface area (Å²) in [6.45, 7) is 7.44. The lowest BCUT2D eigenvalue weighted by molar-refractivity contribution is 0.316. The molecule has 4 N–H and O–H groups in total. The highest BCUT2D eigenvalue weighted by Gasteiger charge is 2.02. The van der Waals surface area contributed by atoms with E-state index in [4.69, 9.17) is 10.9 Å². The summed E-state index contributed by atoms with van der Waals surface area (Å²) in [5.74, 6) is 1.08. The van der Waals surface area contributed by atoms with E-state index in [-0.39, 0.29) is 5.84 Å². The van der Waals surface area contributed by atoms with Crippen LogP contribution in [0, 0.1) is 5.92 Å². The molecule has 0 saturated carbocycles. The van der Waals surface area contributed by atoms with Crippen molar-refractivity contribution in [2.75, 3.05) is 6.54 Å². The fourth-order valence-electron chi connectivity index (χ4n) is 1.43. The Morgan fingerprint density at radius 1 is 1.33 bits per heavy atom. The molecule has 1 atom stereocenters. The van der Waals surface area contributed by atoms with E-state index in [0.29, 0.717) is 12.5 Å². The molecule has 0 aromatic carbocycles. The zero-order valence-corrected chi connectivity index (χ0v) is 10.2. The third-order valence-electron chi connectivity index (χ3n) is 2.42. The Bertz CT molecular complexity index is 181. The van der Waals surface area contributed by atoms with Crippen LogP contribution in [-0.2, 0) is 0 Å². The van der Waals surface area contributed by atoms with Gasteiger partial charge in [-0.25, -0.2) is 0 Å². The van der Waals surface area contributed by atoms with E-state index < -0.39 is 0 Å². The second-order valence-corrected chi connectivity index (χ2v) is 4.52. The summed E-state index contributed by atoms with van der Waals surface area (Å²) in [6.07, 6.45) is 4.33. The molecule has 0 aromatic rings. The summed E-state index contributed by atoms with van der Waals surface area (Å²) >= 11 is 0. The minimum Gasteiger partial charge on any atom is -0.409 e. The monoisotopic (exact) mass is 215 g/mol. The van der Waals surface area contributed by atoms with Gasteiger partial charge in [0, 0.05) is 19.0 Å². The Morgan fingerprint density at radius 2 is 2.00 bits per heavy atom. The normalized spacial score (nSPS) is 14.5. The number of hydrogen-bond acceptors (Lipinski definition) is 3. The molecule has 15 heavy (non-hydrogen) atoms. The van der Waals surface area contributed by atoms with Gasteiger partial charge in [0.05, 0.1) is 0 Å². The number of hydrogen-bond donors (Lipinski definition) is 3.